The summed E-state index contributed by atoms with van der Waals surface area (Å²) in [5.41, 5.74) is 1.15. The van der Waals surface area contributed by atoms with E-state index in [-0.39, 0.29) is 5.75 Å². The number of halogens is 1. The van der Waals surface area contributed by atoms with Crippen LogP contribution in [0.25, 0.3) is 0 Å². The van der Waals surface area contributed by atoms with Gasteiger partial charge in [-0.25, -0.2) is 0 Å². The fourth-order valence-electron chi connectivity index (χ4n) is 1.20. The molecule has 84 valence electrons. The first-order valence-corrected chi connectivity index (χ1v) is 6.90. The standard InChI is InChI=1S/C10H13ClO3S/c1-3-8(2)9-4-6-10(7-5-9)14-15(11,12)13/h4-8H,3H2,1-2H3. The fourth-order valence-corrected chi connectivity index (χ4v) is 1.76. The van der Waals surface area contributed by atoms with Gasteiger partial charge in [-0.15, -0.1) is 0 Å². The minimum absolute atomic E-state index is 0.233. The van der Waals surface area contributed by atoms with Crippen LogP contribution in [0.4, 0.5) is 0 Å². The van der Waals surface area contributed by atoms with E-state index in [0.717, 1.165) is 12.0 Å². The molecule has 5 heteroatoms. The highest BCUT2D eigenvalue weighted by Gasteiger charge is 2.08. The molecule has 3 nitrogen and oxygen atoms in total. The molecule has 0 aromatic heterocycles. The van der Waals surface area contributed by atoms with Crippen molar-refractivity contribution in [3.8, 4) is 5.75 Å². The van der Waals surface area contributed by atoms with E-state index in [1.807, 2.05) is 12.1 Å². The van der Waals surface area contributed by atoms with Crippen molar-refractivity contribution in [2.45, 2.75) is 26.2 Å². The lowest BCUT2D eigenvalue weighted by Crippen LogP contribution is -2.00. The summed E-state index contributed by atoms with van der Waals surface area (Å²) in [6.07, 6.45) is 1.04. The third-order valence-corrected chi connectivity index (χ3v) is 2.84. The smallest absolute Gasteiger partial charge is 0.371 e. The van der Waals surface area contributed by atoms with Crippen molar-refractivity contribution in [2.75, 3.05) is 0 Å². The Morgan fingerprint density at radius 1 is 1.33 bits per heavy atom. The molecular weight excluding hydrogens is 236 g/mol. The predicted octanol–water partition coefficient (Wildman–Crippen LogP) is 3.06. The lowest BCUT2D eigenvalue weighted by atomic mass is 9.99. The third-order valence-electron chi connectivity index (χ3n) is 2.26. The quantitative estimate of drug-likeness (QED) is 0.770. The SMILES string of the molecule is CCC(C)c1ccc(OS(=O)(=O)Cl)cc1. The lowest BCUT2D eigenvalue weighted by molar-refractivity contribution is 0.503. The predicted molar refractivity (Wildman–Crippen MR) is 60.5 cm³/mol. The second-order valence-electron chi connectivity index (χ2n) is 3.35. The van der Waals surface area contributed by atoms with Gasteiger partial charge in [0.1, 0.15) is 5.75 Å². The maximum absolute atomic E-state index is 10.6. The van der Waals surface area contributed by atoms with Gasteiger partial charge in [-0.2, -0.15) is 8.42 Å². The van der Waals surface area contributed by atoms with Crippen LogP contribution in [0.3, 0.4) is 0 Å². The van der Waals surface area contributed by atoms with Crippen LogP contribution in [-0.4, -0.2) is 8.42 Å². The van der Waals surface area contributed by atoms with E-state index in [1.54, 1.807) is 12.1 Å². The van der Waals surface area contributed by atoms with Crippen molar-refractivity contribution in [1.29, 1.82) is 0 Å². The Morgan fingerprint density at radius 2 is 1.87 bits per heavy atom. The molecule has 0 aliphatic heterocycles. The Hall–Kier alpha value is -0.740. The number of hydrogen-bond donors (Lipinski definition) is 0. The summed E-state index contributed by atoms with van der Waals surface area (Å²) >= 11 is 0. The van der Waals surface area contributed by atoms with Crippen LogP contribution < -0.4 is 4.18 Å². The largest absolute Gasteiger partial charge is 0.401 e. The first-order valence-electron chi connectivity index (χ1n) is 4.66. The zero-order valence-electron chi connectivity index (χ0n) is 8.60. The van der Waals surface area contributed by atoms with E-state index in [9.17, 15) is 8.42 Å². The molecule has 0 heterocycles. The Labute approximate surface area is 94.6 Å². The zero-order valence-corrected chi connectivity index (χ0v) is 10.2. The molecule has 0 saturated heterocycles. The molecule has 1 aromatic carbocycles. The lowest BCUT2D eigenvalue weighted by Gasteiger charge is -2.09. The molecule has 0 aliphatic carbocycles. The minimum atomic E-state index is -3.94. The molecule has 1 atom stereocenters. The molecule has 0 N–H and O–H groups in total. The molecule has 0 aliphatic rings. The fraction of sp³-hybridized carbons (Fsp3) is 0.400. The summed E-state index contributed by atoms with van der Waals surface area (Å²) < 4.78 is 25.7. The van der Waals surface area contributed by atoms with Crippen LogP contribution in [0.2, 0.25) is 0 Å². The van der Waals surface area contributed by atoms with Crippen LogP contribution in [0.5, 0.6) is 5.75 Å². The van der Waals surface area contributed by atoms with Crippen molar-refractivity contribution in [1.82, 2.24) is 0 Å². The van der Waals surface area contributed by atoms with Gasteiger partial charge in [0.15, 0.2) is 0 Å². The minimum Gasteiger partial charge on any atom is -0.371 e. The van der Waals surface area contributed by atoms with Crippen LogP contribution in [0.15, 0.2) is 24.3 Å². The van der Waals surface area contributed by atoms with E-state index in [4.69, 9.17) is 10.7 Å². The van der Waals surface area contributed by atoms with Gasteiger partial charge in [0.25, 0.3) is 0 Å². The van der Waals surface area contributed by atoms with Gasteiger partial charge in [0.05, 0.1) is 10.7 Å². The van der Waals surface area contributed by atoms with Gasteiger partial charge >= 0.3 is 9.33 Å². The summed E-state index contributed by atoms with van der Waals surface area (Å²) in [4.78, 5) is 0. The van der Waals surface area contributed by atoms with Gasteiger partial charge in [0, 0.05) is 0 Å². The first-order chi connectivity index (χ1) is 6.92. The topological polar surface area (TPSA) is 43.4 Å². The molecule has 0 radical (unpaired) electrons. The molecule has 15 heavy (non-hydrogen) atoms. The highest BCUT2D eigenvalue weighted by molar-refractivity contribution is 8.10. The van der Waals surface area contributed by atoms with E-state index in [1.165, 1.54) is 0 Å². The molecule has 0 fully saturated rings. The summed E-state index contributed by atoms with van der Waals surface area (Å²) in [5, 5.41) is 0. The molecule has 0 saturated carbocycles. The van der Waals surface area contributed by atoms with Gasteiger partial charge in [0.2, 0.25) is 0 Å². The van der Waals surface area contributed by atoms with Crippen LogP contribution >= 0.6 is 10.7 Å². The van der Waals surface area contributed by atoms with E-state index in [0.29, 0.717) is 5.92 Å². The van der Waals surface area contributed by atoms with E-state index in [2.05, 4.69) is 18.0 Å². The van der Waals surface area contributed by atoms with E-state index < -0.39 is 9.33 Å². The Kier molecular flexibility index (Phi) is 3.99. The average molecular weight is 249 g/mol. The number of benzene rings is 1. The molecule has 1 aromatic rings. The van der Waals surface area contributed by atoms with Crippen LogP contribution in [0.1, 0.15) is 31.7 Å². The Morgan fingerprint density at radius 3 is 2.27 bits per heavy atom. The van der Waals surface area contributed by atoms with Crippen LogP contribution in [-0.2, 0) is 9.33 Å². The molecular formula is C10H13ClO3S. The normalized spacial score (nSPS) is 13.5. The van der Waals surface area contributed by atoms with Crippen LogP contribution in [0, 0.1) is 0 Å². The van der Waals surface area contributed by atoms with Gasteiger partial charge < -0.3 is 4.18 Å². The Balaban J connectivity index is 2.81. The highest BCUT2D eigenvalue weighted by atomic mass is 35.7. The number of rotatable bonds is 4. The van der Waals surface area contributed by atoms with Crippen molar-refractivity contribution < 1.29 is 12.6 Å². The summed E-state index contributed by atoms with van der Waals surface area (Å²) in [5.74, 6) is 0.684. The summed E-state index contributed by atoms with van der Waals surface area (Å²) in [6, 6.07) is 6.87. The second kappa shape index (κ2) is 4.86. The van der Waals surface area contributed by atoms with Crippen molar-refractivity contribution in [2.24, 2.45) is 0 Å². The van der Waals surface area contributed by atoms with Gasteiger partial charge in [-0.1, -0.05) is 26.0 Å². The zero-order chi connectivity index (χ0) is 11.5. The third kappa shape index (κ3) is 4.10. The summed E-state index contributed by atoms with van der Waals surface area (Å²) in [7, 11) is 1.00. The first kappa shape index (κ1) is 12.3. The molecule has 1 unspecified atom stereocenters. The van der Waals surface area contributed by atoms with Crippen molar-refractivity contribution in [3.05, 3.63) is 29.8 Å². The maximum atomic E-state index is 10.6. The molecule has 0 bridgehead atoms. The van der Waals surface area contributed by atoms with Gasteiger partial charge in [-0.05, 0) is 30.0 Å². The maximum Gasteiger partial charge on any atom is 0.401 e. The highest BCUT2D eigenvalue weighted by Crippen LogP contribution is 2.22. The Bertz CT molecular complexity index is 411. The molecule has 1 rings (SSSR count). The summed E-state index contributed by atoms with van der Waals surface area (Å²) in [6.45, 7) is 4.20. The number of hydrogen-bond acceptors (Lipinski definition) is 3. The van der Waals surface area contributed by atoms with Gasteiger partial charge in [-0.3, -0.25) is 0 Å². The van der Waals surface area contributed by atoms with Crippen molar-refractivity contribution >= 4 is 20.0 Å². The monoisotopic (exact) mass is 248 g/mol. The molecule has 0 spiro atoms. The molecule has 0 amide bonds. The van der Waals surface area contributed by atoms with E-state index >= 15 is 0 Å². The van der Waals surface area contributed by atoms with Crippen molar-refractivity contribution in [3.63, 3.8) is 0 Å². The average Bonchev–Trinajstić information content (AvgIpc) is 2.15. The second-order valence-corrected chi connectivity index (χ2v) is 5.44.